The first-order valence-corrected chi connectivity index (χ1v) is 6.62. The third-order valence-electron chi connectivity index (χ3n) is 3.21. The average Bonchev–Trinajstić information content (AvgIpc) is 2.41. The Hall–Kier alpha value is -1.67. The fourth-order valence-electron chi connectivity index (χ4n) is 1.97. The van der Waals surface area contributed by atoms with Gasteiger partial charge in [0.2, 0.25) is 0 Å². The highest BCUT2D eigenvalue weighted by atomic mass is 35.5. The lowest BCUT2D eigenvalue weighted by Crippen LogP contribution is -2.03. The Labute approximate surface area is 119 Å². The molecule has 0 saturated carbocycles. The normalized spacial score (nSPS) is 10.3. The van der Waals surface area contributed by atoms with Crippen molar-refractivity contribution in [2.24, 2.45) is 0 Å². The summed E-state index contributed by atoms with van der Waals surface area (Å²) < 4.78 is 5.35. The van der Waals surface area contributed by atoms with E-state index < -0.39 is 0 Å². The van der Waals surface area contributed by atoms with E-state index in [1.165, 1.54) is 11.1 Å². The van der Waals surface area contributed by atoms with E-state index in [0.717, 1.165) is 28.6 Å². The Morgan fingerprint density at radius 3 is 2.53 bits per heavy atom. The highest BCUT2D eigenvalue weighted by Crippen LogP contribution is 2.31. The molecule has 0 heterocycles. The first kappa shape index (κ1) is 13.8. The standard InChI is InChI=1S/C16H18ClNO/c1-11-6-4-5-7-13(11)10-18-15-8-12(2)14(17)9-16(15)19-3/h4-9,18H,10H2,1-3H3. The number of benzene rings is 2. The highest BCUT2D eigenvalue weighted by Gasteiger charge is 2.07. The number of rotatable bonds is 4. The van der Waals surface area contributed by atoms with E-state index in [9.17, 15) is 0 Å². The third kappa shape index (κ3) is 3.21. The number of methoxy groups -OCH3 is 1. The second kappa shape index (κ2) is 5.98. The first-order chi connectivity index (χ1) is 9.11. The second-order valence-corrected chi connectivity index (χ2v) is 4.99. The van der Waals surface area contributed by atoms with Crippen LogP contribution in [0.1, 0.15) is 16.7 Å². The summed E-state index contributed by atoms with van der Waals surface area (Å²) in [4.78, 5) is 0. The van der Waals surface area contributed by atoms with E-state index in [-0.39, 0.29) is 0 Å². The number of anilines is 1. The molecule has 2 aromatic carbocycles. The van der Waals surface area contributed by atoms with Crippen LogP contribution in [0.4, 0.5) is 5.69 Å². The van der Waals surface area contributed by atoms with Crippen LogP contribution < -0.4 is 10.1 Å². The van der Waals surface area contributed by atoms with Gasteiger partial charge >= 0.3 is 0 Å². The smallest absolute Gasteiger partial charge is 0.143 e. The zero-order valence-corrected chi connectivity index (χ0v) is 12.2. The quantitative estimate of drug-likeness (QED) is 0.882. The maximum atomic E-state index is 6.10. The molecular formula is C16H18ClNO. The lowest BCUT2D eigenvalue weighted by atomic mass is 10.1. The fourth-order valence-corrected chi connectivity index (χ4v) is 2.12. The largest absolute Gasteiger partial charge is 0.495 e. The predicted molar refractivity (Wildman–Crippen MR) is 81.2 cm³/mol. The van der Waals surface area contributed by atoms with Gasteiger partial charge in [-0.05, 0) is 36.6 Å². The molecule has 2 nitrogen and oxygen atoms in total. The van der Waals surface area contributed by atoms with Crippen LogP contribution in [0.5, 0.6) is 5.75 Å². The van der Waals surface area contributed by atoms with Gasteiger partial charge in [0.15, 0.2) is 0 Å². The van der Waals surface area contributed by atoms with E-state index in [2.05, 4.69) is 24.4 Å². The number of halogens is 1. The van der Waals surface area contributed by atoms with Crippen molar-refractivity contribution in [2.75, 3.05) is 12.4 Å². The van der Waals surface area contributed by atoms with Gasteiger partial charge in [-0.15, -0.1) is 0 Å². The van der Waals surface area contributed by atoms with Crippen molar-refractivity contribution in [3.63, 3.8) is 0 Å². The molecule has 19 heavy (non-hydrogen) atoms. The van der Waals surface area contributed by atoms with E-state index in [4.69, 9.17) is 16.3 Å². The van der Waals surface area contributed by atoms with E-state index >= 15 is 0 Å². The summed E-state index contributed by atoms with van der Waals surface area (Å²) in [6.45, 7) is 4.87. The molecular weight excluding hydrogens is 258 g/mol. The molecule has 0 amide bonds. The van der Waals surface area contributed by atoms with Crippen LogP contribution in [0.3, 0.4) is 0 Å². The Kier molecular flexibility index (Phi) is 4.33. The van der Waals surface area contributed by atoms with Crippen molar-refractivity contribution in [1.29, 1.82) is 0 Å². The number of aryl methyl sites for hydroxylation is 2. The van der Waals surface area contributed by atoms with Gasteiger partial charge in [0, 0.05) is 17.6 Å². The predicted octanol–water partition coefficient (Wildman–Crippen LogP) is 4.58. The Morgan fingerprint density at radius 1 is 1.11 bits per heavy atom. The van der Waals surface area contributed by atoms with Crippen molar-refractivity contribution in [3.8, 4) is 5.75 Å². The molecule has 1 N–H and O–H groups in total. The van der Waals surface area contributed by atoms with Crippen molar-refractivity contribution in [1.82, 2.24) is 0 Å². The van der Waals surface area contributed by atoms with Crippen molar-refractivity contribution in [2.45, 2.75) is 20.4 Å². The number of hydrogen-bond acceptors (Lipinski definition) is 2. The van der Waals surface area contributed by atoms with Crippen molar-refractivity contribution < 1.29 is 4.74 Å². The van der Waals surface area contributed by atoms with Gasteiger partial charge in [-0.3, -0.25) is 0 Å². The molecule has 0 aliphatic rings. The molecule has 0 aliphatic carbocycles. The Balaban J connectivity index is 2.20. The summed E-state index contributed by atoms with van der Waals surface area (Å²) in [5, 5.41) is 4.13. The summed E-state index contributed by atoms with van der Waals surface area (Å²) in [5.41, 5.74) is 4.55. The monoisotopic (exact) mass is 275 g/mol. The summed E-state index contributed by atoms with van der Waals surface area (Å²) >= 11 is 6.10. The van der Waals surface area contributed by atoms with Crippen LogP contribution in [0.15, 0.2) is 36.4 Å². The van der Waals surface area contributed by atoms with Crippen LogP contribution >= 0.6 is 11.6 Å². The minimum Gasteiger partial charge on any atom is -0.495 e. The molecule has 0 aliphatic heterocycles. The van der Waals surface area contributed by atoms with Gasteiger partial charge in [0.25, 0.3) is 0 Å². The molecule has 0 atom stereocenters. The molecule has 0 bridgehead atoms. The lowest BCUT2D eigenvalue weighted by molar-refractivity contribution is 0.416. The maximum absolute atomic E-state index is 6.10. The molecule has 100 valence electrons. The molecule has 0 unspecified atom stereocenters. The minimum atomic E-state index is 0.721. The van der Waals surface area contributed by atoms with Gasteiger partial charge in [0.05, 0.1) is 12.8 Å². The van der Waals surface area contributed by atoms with Crippen LogP contribution in [0, 0.1) is 13.8 Å². The molecule has 2 rings (SSSR count). The SMILES string of the molecule is COc1cc(Cl)c(C)cc1NCc1ccccc1C. The second-order valence-electron chi connectivity index (χ2n) is 4.58. The summed E-state index contributed by atoms with van der Waals surface area (Å²) in [6, 6.07) is 12.2. The average molecular weight is 276 g/mol. The van der Waals surface area contributed by atoms with E-state index in [1.807, 2.05) is 31.2 Å². The molecule has 2 aromatic rings. The lowest BCUT2D eigenvalue weighted by Gasteiger charge is -2.14. The van der Waals surface area contributed by atoms with Crippen LogP contribution in [0.25, 0.3) is 0 Å². The molecule has 0 saturated heterocycles. The van der Waals surface area contributed by atoms with Gasteiger partial charge in [-0.25, -0.2) is 0 Å². The van der Waals surface area contributed by atoms with Crippen LogP contribution in [-0.4, -0.2) is 7.11 Å². The highest BCUT2D eigenvalue weighted by molar-refractivity contribution is 6.31. The number of ether oxygens (including phenoxy) is 1. The van der Waals surface area contributed by atoms with Gasteiger partial charge in [-0.1, -0.05) is 35.9 Å². The zero-order chi connectivity index (χ0) is 13.8. The third-order valence-corrected chi connectivity index (χ3v) is 3.62. The molecule has 0 fully saturated rings. The maximum Gasteiger partial charge on any atom is 0.143 e. The topological polar surface area (TPSA) is 21.3 Å². The summed E-state index contributed by atoms with van der Waals surface area (Å²) in [7, 11) is 1.65. The van der Waals surface area contributed by atoms with Gasteiger partial charge in [0.1, 0.15) is 5.75 Å². The van der Waals surface area contributed by atoms with Crippen LogP contribution in [0.2, 0.25) is 5.02 Å². The van der Waals surface area contributed by atoms with E-state index in [0.29, 0.717) is 0 Å². The number of hydrogen-bond donors (Lipinski definition) is 1. The summed E-state index contributed by atoms with van der Waals surface area (Å²) in [5.74, 6) is 0.768. The Morgan fingerprint density at radius 2 is 1.84 bits per heavy atom. The van der Waals surface area contributed by atoms with Crippen molar-refractivity contribution in [3.05, 3.63) is 58.1 Å². The minimum absolute atomic E-state index is 0.721. The fraction of sp³-hybridized carbons (Fsp3) is 0.250. The molecule has 0 spiro atoms. The molecule has 0 aromatic heterocycles. The summed E-state index contributed by atoms with van der Waals surface area (Å²) in [6.07, 6.45) is 0. The number of nitrogens with one attached hydrogen (secondary N) is 1. The van der Waals surface area contributed by atoms with Crippen molar-refractivity contribution >= 4 is 17.3 Å². The zero-order valence-electron chi connectivity index (χ0n) is 11.5. The molecule has 3 heteroatoms. The van der Waals surface area contributed by atoms with Gasteiger partial charge < -0.3 is 10.1 Å². The van der Waals surface area contributed by atoms with Crippen LogP contribution in [-0.2, 0) is 6.54 Å². The first-order valence-electron chi connectivity index (χ1n) is 6.24. The molecule has 0 radical (unpaired) electrons. The van der Waals surface area contributed by atoms with Gasteiger partial charge in [-0.2, -0.15) is 0 Å². The Bertz CT molecular complexity index is 581. The van der Waals surface area contributed by atoms with E-state index in [1.54, 1.807) is 7.11 Å².